The minimum absolute atomic E-state index is 0.0156. The Morgan fingerprint density at radius 3 is 2.70 bits per heavy atom. The average Bonchev–Trinajstić information content (AvgIpc) is 3.26. The minimum Gasteiger partial charge on any atom is -0.452 e. The Bertz CT molecular complexity index is 752. The summed E-state index contributed by atoms with van der Waals surface area (Å²) >= 11 is 11.7. The molecule has 1 aliphatic heterocycles. The largest absolute Gasteiger partial charge is 0.452 e. The third kappa shape index (κ3) is 4.71. The van der Waals surface area contributed by atoms with Gasteiger partial charge in [0.25, 0.3) is 5.91 Å². The van der Waals surface area contributed by atoms with Crippen LogP contribution in [0, 0.1) is 5.92 Å². The molecule has 0 spiro atoms. The van der Waals surface area contributed by atoms with Crippen molar-refractivity contribution in [1.29, 1.82) is 0 Å². The van der Waals surface area contributed by atoms with Crippen LogP contribution >= 0.6 is 23.2 Å². The molecule has 1 saturated carbocycles. The number of carbonyl (C=O) groups excluding carboxylic acids is 3. The molecule has 27 heavy (non-hydrogen) atoms. The number of likely N-dealkylation sites (tertiary alicyclic amines) is 1. The summed E-state index contributed by atoms with van der Waals surface area (Å²) in [6.45, 7) is 1.82. The Balaban J connectivity index is 1.54. The maximum absolute atomic E-state index is 12.4. The third-order valence-electron chi connectivity index (χ3n) is 4.97. The van der Waals surface area contributed by atoms with Gasteiger partial charge in [-0.15, -0.1) is 0 Å². The Morgan fingerprint density at radius 2 is 2.04 bits per heavy atom. The molecule has 2 aliphatic rings. The predicted octanol–water partition coefficient (Wildman–Crippen LogP) is 3.05. The Labute approximate surface area is 167 Å². The number of amides is 2. The van der Waals surface area contributed by atoms with Gasteiger partial charge in [-0.2, -0.15) is 0 Å². The zero-order valence-corrected chi connectivity index (χ0v) is 16.4. The molecule has 1 aromatic heterocycles. The van der Waals surface area contributed by atoms with Crippen molar-refractivity contribution in [1.82, 2.24) is 9.88 Å². The highest BCUT2D eigenvalue weighted by atomic mass is 35.5. The van der Waals surface area contributed by atoms with Crippen molar-refractivity contribution in [3.63, 3.8) is 0 Å². The molecular weight excluding hydrogens is 393 g/mol. The van der Waals surface area contributed by atoms with Gasteiger partial charge in [0.05, 0.1) is 16.0 Å². The van der Waals surface area contributed by atoms with Gasteiger partial charge in [-0.25, -0.2) is 4.98 Å². The van der Waals surface area contributed by atoms with Crippen LogP contribution in [0.4, 0.5) is 5.82 Å². The quantitative estimate of drug-likeness (QED) is 0.749. The van der Waals surface area contributed by atoms with Crippen molar-refractivity contribution >= 4 is 46.8 Å². The van der Waals surface area contributed by atoms with E-state index in [9.17, 15) is 14.4 Å². The normalized spacial score (nSPS) is 21.4. The first-order valence-electron chi connectivity index (χ1n) is 8.97. The fourth-order valence-corrected chi connectivity index (χ4v) is 3.93. The summed E-state index contributed by atoms with van der Waals surface area (Å²) in [5, 5.41) is 3.03. The van der Waals surface area contributed by atoms with Crippen LogP contribution in [0.2, 0.25) is 10.0 Å². The monoisotopic (exact) mass is 413 g/mol. The van der Waals surface area contributed by atoms with Crippen molar-refractivity contribution in [2.75, 3.05) is 11.9 Å². The number of pyridine rings is 1. The topological polar surface area (TPSA) is 88.6 Å². The van der Waals surface area contributed by atoms with Crippen molar-refractivity contribution < 1.29 is 19.1 Å². The summed E-state index contributed by atoms with van der Waals surface area (Å²) in [6.07, 6.45) is 4.64. The zero-order chi connectivity index (χ0) is 19.6. The fourth-order valence-electron chi connectivity index (χ4n) is 3.51. The highest BCUT2D eigenvalue weighted by Crippen LogP contribution is 2.30. The van der Waals surface area contributed by atoms with Gasteiger partial charge in [0.2, 0.25) is 5.91 Å². The molecule has 0 unspecified atom stereocenters. The molecule has 146 valence electrons. The van der Waals surface area contributed by atoms with E-state index in [2.05, 4.69) is 10.3 Å². The third-order valence-corrected chi connectivity index (χ3v) is 5.46. The molecule has 2 amide bonds. The van der Waals surface area contributed by atoms with Gasteiger partial charge in [-0.1, -0.05) is 36.0 Å². The lowest BCUT2D eigenvalue weighted by molar-refractivity contribution is -0.157. The first-order valence-corrected chi connectivity index (χ1v) is 9.72. The molecule has 0 radical (unpaired) electrons. The lowest BCUT2D eigenvalue weighted by Gasteiger charge is -2.24. The van der Waals surface area contributed by atoms with Crippen LogP contribution in [0.1, 0.15) is 39.0 Å². The molecular formula is C18H21Cl2N3O4. The van der Waals surface area contributed by atoms with E-state index in [1.54, 1.807) is 4.90 Å². The number of esters is 1. The van der Waals surface area contributed by atoms with E-state index in [0.29, 0.717) is 11.6 Å². The van der Waals surface area contributed by atoms with Crippen LogP contribution in [-0.4, -0.2) is 46.4 Å². The molecule has 2 atom stereocenters. The van der Waals surface area contributed by atoms with E-state index in [4.69, 9.17) is 27.9 Å². The maximum atomic E-state index is 12.4. The number of carbonyl (C=O) groups is 3. The van der Waals surface area contributed by atoms with Crippen molar-refractivity contribution in [2.24, 2.45) is 5.92 Å². The van der Waals surface area contributed by atoms with Gasteiger partial charge in [0.15, 0.2) is 11.9 Å². The summed E-state index contributed by atoms with van der Waals surface area (Å²) in [5.74, 6) is -1.51. The molecule has 7 nitrogen and oxygen atoms in total. The second-order valence-electron chi connectivity index (χ2n) is 6.94. The number of hydrogen-bond donors (Lipinski definition) is 1. The standard InChI is InChI=1S/C18H21Cl2N3O4/c1-10(17(25)22-16-14(20)7-12(19)8-21-16)27-18(26)11-6-15(24)23(9-11)13-4-2-3-5-13/h7-8,10-11,13H,2-6,9H2,1H3,(H,21,22,25)/t10-,11+/m0/s1. The first-order chi connectivity index (χ1) is 12.8. The van der Waals surface area contributed by atoms with E-state index in [-0.39, 0.29) is 29.2 Å². The summed E-state index contributed by atoms with van der Waals surface area (Å²) < 4.78 is 5.26. The first kappa shape index (κ1) is 19.9. The molecule has 1 N–H and O–H groups in total. The molecule has 3 rings (SSSR count). The van der Waals surface area contributed by atoms with Crippen molar-refractivity contribution in [3.8, 4) is 0 Å². The zero-order valence-electron chi connectivity index (χ0n) is 14.9. The molecule has 0 aromatic carbocycles. The second-order valence-corrected chi connectivity index (χ2v) is 7.78. The van der Waals surface area contributed by atoms with Gasteiger partial charge in [0, 0.05) is 25.2 Å². The highest BCUT2D eigenvalue weighted by Gasteiger charge is 2.40. The van der Waals surface area contributed by atoms with Crippen LogP contribution in [0.5, 0.6) is 0 Å². The number of nitrogens with zero attached hydrogens (tertiary/aromatic N) is 2. The summed E-state index contributed by atoms with van der Waals surface area (Å²) in [6, 6.07) is 1.68. The van der Waals surface area contributed by atoms with Crippen molar-refractivity contribution in [2.45, 2.75) is 51.2 Å². The van der Waals surface area contributed by atoms with Crippen LogP contribution < -0.4 is 5.32 Å². The van der Waals surface area contributed by atoms with Crippen molar-refractivity contribution in [3.05, 3.63) is 22.3 Å². The molecule has 1 aliphatic carbocycles. The Morgan fingerprint density at radius 1 is 1.33 bits per heavy atom. The second kappa shape index (κ2) is 8.44. The summed E-state index contributed by atoms with van der Waals surface area (Å²) in [4.78, 5) is 42.6. The SMILES string of the molecule is C[C@H](OC(=O)[C@@H]1CC(=O)N(C2CCCC2)C1)C(=O)Nc1ncc(Cl)cc1Cl. The average molecular weight is 414 g/mol. The number of anilines is 1. The number of aromatic nitrogens is 1. The Kier molecular flexibility index (Phi) is 6.22. The molecule has 1 aromatic rings. The molecule has 1 saturated heterocycles. The van der Waals surface area contributed by atoms with Gasteiger partial charge in [0.1, 0.15) is 0 Å². The van der Waals surface area contributed by atoms with Crippen LogP contribution in [0.25, 0.3) is 0 Å². The van der Waals surface area contributed by atoms with Gasteiger partial charge >= 0.3 is 5.97 Å². The Hall–Kier alpha value is -1.86. The number of rotatable bonds is 5. The molecule has 0 bridgehead atoms. The summed E-state index contributed by atoms with van der Waals surface area (Å²) in [5.41, 5.74) is 0. The van der Waals surface area contributed by atoms with Gasteiger partial charge < -0.3 is 15.0 Å². The smallest absolute Gasteiger partial charge is 0.312 e. The highest BCUT2D eigenvalue weighted by molar-refractivity contribution is 6.36. The van der Waals surface area contributed by atoms with E-state index in [1.165, 1.54) is 19.2 Å². The number of hydrogen-bond acceptors (Lipinski definition) is 5. The van der Waals surface area contributed by atoms with Gasteiger partial charge in [-0.05, 0) is 25.8 Å². The van der Waals surface area contributed by atoms with Crippen LogP contribution in [0.15, 0.2) is 12.3 Å². The predicted molar refractivity (Wildman–Crippen MR) is 101 cm³/mol. The van der Waals surface area contributed by atoms with Gasteiger partial charge in [-0.3, -0.25) is 14.4 Å². The lowest BCUT2D eigenvalue weighted by Crippen LogP contribution is -2.36. The van der Waals surface area contributed by atoms with E-state index >= 15 is 0 Å². The number of halogens is 2. The number of ether oxygens (including phenoxy) is 1. The fraction of sp³-hybridized carbons (Fsp3) is 0.556. The summed E-state index contributed by atoms with van der Waals surface area (Å²) in [7, 11) is 0. The van der Waals surface area contributed by atoms with Crippen LogP contribution in [-0.2, 0) is 19.1 Å². The lowest BCUT2D eigenvalue weighted by atomic mass is 10.1. The van der Waals surface area contributed by atoms with E-state index < -0.39 is 23.9 Å². The van der Waals surface area contributed by atoms with Crippen LogP contribution in [0.3, 0.4) is 0 Å². The molecule has 2 fully saturated rings. The van der Waals surface area contributed by atoms with E-state index in [1.807, 2.05) is 0 Å². The molecule has 9 heteroatoms. The molecule has 2 heterocycles. The maximum Gasteiger partial charge on any atom is 0.312 e. The number of nitrogens with one attached hydrogen (secondary N) is 1. The van der Waals surface area contributed by atoms with E-state index in [0.717, 1.165) is 25.7 Å². The minimum atomic E-state index is -1.04.